The molecule has 0 spiro atoms. The molecule has 4 aromatic heterocycles. The lowest BCUT2D eigenvalue weighted by Crippen LogP contribution is -1.82. The normalized spacial score (nSPS) is 12.4. The van der Waals surface area contributed by atoms with E-state index in [1.807, 2.05) is 25.3 Å². The fourth-order valence-corrected chi connectivity index (χ4v) is 4.46. The summed E-state index contributed by atoms with van der Waals surface area (Å²) < 4.78 is 0. The number of fused-ring (bicyclic) bond motifs is 2. The highest BCUT2D eigenvalue weighted by Gasteiger charge is 2.15. The second-order valence-electron chi connectivity index (χ2n) is 6.95. The average Bonchev–Trinajstić information content (AvgIpc) is 3.52. The van der Waals surface area contributed by atoms with E-state index in [-0.39, 0.29) is 0 Å². The first-order chi connectivity index (χ1) is 14.8. The number of rotatable bonds is 5. The molecule has 0 saturated carbocycles. The summed E-state index contributed by atoms with van der Waals surface area (Å²) in [4.78, 5) is 9.31. The van der Waals surface area contributed by atoms with Gasteiger partial charge in [-0.3, -0.25) is 10.1 Å². The molecule has 0 bridgehead atoms. The number of allylic oxidation sites excluding steroid dienone is 5. The van der Waals surface area contributed by atoms with Gasteiger partial charge in [0.2, 0.25) is 0 Å². The molecule has 0 unspecified atom stereocenters. The molecule has 0 aliphatic rings. The second-order valence-corrected chi connectivity index (χ2v) is 7.90. The van der Waals surface area contributed by atoms with E-state index in [2.05, 4.69) is 80.7 Å². The van der Waals surface area contributed by atoms with Gasteiger partial charge in [0.25, 0.3) is 0 Å². The molecule has 0 fully saturated rings. The van der Waals surface area contributed by atoms with E-state index in [1.165, 1.54) is 0 Å². The molecule has 5 rings (SSSR count). The Hall–Kier alpha value is -3.70. The first-order valence-electron chi connectivity index (χ1n) is 9.74. The number of nitrogens with zero attached hydrogens (tertiary/aromatic N) is 2. The largest absolute Gasteiger partial charge is 0.353 e. The summed E-state index contributed by atoms with van der Waals surface area (Å²) in [5.41, 5.74) is 7.22. The Morgan fingerprint density at radius 2 is 1.97 bits per heavy atom. The van der Waals surface area contributed by atoms with Gasteiger partial charge in [0.1, 0.15) is 5.69 Å². The third kappa shape index (κ3) is 3.09. The number of aromatic nitrogens is 4. The molecule has 0 atom stereocenters. The van der Waals surface area contributed by atoms with E-state index in [0.29, 0.717) is 0 Å². The third-order valence-electron chi connectivity index (χ3n) is 5.18. The number of benzene rings is 1. The van der Waals surface area contributed by atoms with Crippen molar-refractivity contribution < 1.29 is 0 Å². The topological polar surface area (TPSA) is 57.4 Å². The zero-order valence-corrected chi connectivity index (χ0v) is 17.3. The lowest BCUT2D eigenvalue weighted by atomic mass is 10.0. The van der Waals surface area contributed by atoms with Crippen LogP contribution in [0.5, 0.6) is 0 Å². The maximum absolute atomic E-state index is 4.62. The van der Waals surface area contributed by atoms with Crippen LogP contribution < -0.4 is 0 Å². The fourth-order valence-electron chi connectivity index (χ4n) is 3.72. The van der Waals surface area contributed by atoms with Crippen molar-refractivity contribution >= 4 is 38.7 Å². The second kappa shape index (κ2) is 7.61. The van der Waals surface area contributed by atoms with Gasteiger partial charge in [-0.2, -0.15) is 5.10 Å². The molecule has 0 saturated heterocycles. The van der Waals surface area contributed by atoms with E-state index >= 15 is 0 Å². The lowest BCUT2D eigenvalue weighted by Gasteiger charge is -2.03. The minimum atomic E-state index is 0.906. The van der Waals surface area contributed by atoms with Crippen LogP contribution in [-0.2, 0) is 0 Å². The number of hydrogen-bond acceptors (Lipinski definition) is 3. The van der Waals surface area contributed by atoms with Gasteiger partial charge < -0.3 is 4.98 Å². The predicted molar refractivity (Wildman–Crippen MR) is 127 cm³/mol. The Bertz CT molecular complexity index is 1410. The average molecular weight is 409 g/mol. The molecule has 30 heavy (non-hydrogen) atoms. The summed E-state index contributed by atoms with van der Waals surface area (Å²) in [5, 5.41) is 12.0. The predicted octanol–water partition coefficient (Wildman–Crippen LogP) is 6.98. The highest BCUT2D eigenvalue weighted by atomic mass is 32.1. The fraction of sp³-hybridized carbons (Fsp3) is 0.0400. The van der Waals surface area contributed by atoms with E-state index in [0.717, 1.165) is 54.9 Å². The molecule has 0 amide bonds. The number of pyridine rings is 1. The van der Waals surface area contributed by atoms with Gasteiger partial charge in [0, 0.05) is 22.5 Å². The van der Waals surface area contributed by atoms with Crippen LogP contribution in [-0.4, -0.2) is 20.2 Å². The van der Waals surface area contributed by atoms with Gasteiger partial charge in [0.05, 0.1) is 21.8 Å². The van der Waals surface area contributed by atoms with Crippen molar-refractivity contribution in [1.29, 1.82) is 0 Å². The van der Waals surface area contributed by atoms with E-state index < -0.39 is 0 Å². The van der Waals surface area contributed by atoms with Crippen molar-refractivity contribution in [3.05, 3.63) is 90.5 Å². The number of hydrogen-bond donors (Lipinski definition) is 2. The van der Waals surface area contributed by atoms with Gasteiger partial charge in [0.15, 0.2) is 0 Å². The number of thiophene rings is 1. The van der Waals surface area contributed by atoms with Crippen LogP contribution >= 0.6 is 11.3 Å². The van der Waals surface area contributed by atoms with Crippen LogP contribution in [0.4, 0.5) is 0 Å². The SMILES string of the molecule is C=C/C=C\C(=C/C)c1ccc2[nH]nc(-c3cc4c(-c5cccs5)nccc4[nH]3)c2c1. The molecule has 5 heteroatoms. The molecular weight excluding hydrogens is 388 g/mol. The molecule has 2 N–H and O–H groups in total. The van der Waals surface area contributed by atoms with E-state index in [9.17, 15) is 0 Å². The molecule has 4 nitrogen and oxygen atoms in total. The molecule has 4 heterocycles. The Morgan fingerprint density at radius 1 is 1.07 bits per heavy atom. The number of H-pyrrole nitrogens is 2. The number of nitrogens with one attached hydrogen (secondary N) is 2. The molecule has 146 valence electrons. The summed E-state index contributed by atoms with van der Waals surface area (Å²) in [7, 11) is 0. The Kier molecular flexibility index (Phi) is 4.65. The highest BCUT2D eigenvalue weighted by molar-refractivity contribution is 7.13. The summed E-state index contributed by atoms with van der Waals surface area (Å²) >= 11 is 1.70. The van der Waals surface area contributed by atoms with Crippen LogP contribution in [0.3, 0.4) is 0 Å². The maximum Gasteiger partial charge on any atom is 0.116 e. The summed E-state index contributed by atoms with van der Waals surface area (Å²) in [6, 6.07) is 14.7. The van der Waals surface area contributed by atoms with Crippen LogP contribution in [0, 0.1) is 0 Å². The highest BCUT2D eigenvalue weighted by Crippen LogP contribution is 2.35. The summed E-state index contributed by atoms with van der Waals surface area (Å²) in [6.07, 6.45) is 9.75. The van der Waals surface area contributed by atoms with Crippen molar-refractivity contribution in [3.8, 4) is 22.0 Å². The van der Waals surface area contributed by atoms with E-state index in [1.54, 1.807) is 17.4 Å². The van der Waals surface area contributed by atoms with Crippen molar-refractivity contribution in [2.24, 2.45) is 0 Å². The monoisotopic (exact) mass is 408 g/mol. The minimum absolute atomic E-state index is 0.906. The smallest absolute Gasteiger partial charge is 0.116 e. The lowest BCUT2D eigenvalue weighted by molar-refractivity contribution is 1.12. The first kappa shape index (κ1) is 18.3. The van der Waals surface area contributed by atoms with Crippen LogP contribution in [0.1, 0.15) is 12.5 Å². The van der Waals surface area contributed by atoms with Crippen molar-refractivity contribution in [2.75, 3.05) is 0 Å². The Morgan fingerprint density at radius 3 is 2.77 bits per heavy atom. The van der Waals surface area contributed by atoms with E-state index in [4.69, 9.17) is 0 Å². The van der Waals surface area contributed by atoms with Gasteiger partial charge in [-0.05, 0) is 53.8 Å². The third-order valence-corrected chi connectivity index (χ3v) is 6.05. The van der Waals surface area contributed by atoms with Crippen LogP contribution in [0.15, 0.2) is 84.9 Å². The van der Waals surface area contributed by atoms with Crippen LogP contribution in [0.25, 0.3) is 49.3 Å². The molecular formula is C25H20N4S. The summed E-state index contributed by atoms with van der Waals surface area (Å²) in [5.74, 6) is 0. The van der Waals surface area contributed by atoms with Gasteiger partial charge in [-0.1, -0.05) is 43.0 Å². The standard InChI is InChI=1S/C25H20N4S/c1-3-5-7-16(4-2)17-9-10-21-18(14-17)24(29-28-21)22-15-19-20(27-22)11-12-26-25(19)23-8-6-13-30-23/h3-15,27H,1H2,2H3,(H,28,29)/b7-5-,16-4+. The van der Waals surface area contributed by atoms with Crippen molar-refractivity contribution in [1.82, 2.24) is 20.2 Å². The molecule has 1 aromatic carbocycles. The van der Waals surface area contributed by atoms with Gasteiger partial charge in [-0.25, -0.2) is 0 Å². The Balaban J connectivity index is 1.65. The zero-order valence-electron chi connectivity index (χ0n) is 16.5. The summed E-state index contributed by atoms with van der Waals surface area (Å²) in [6.45, 7) is 5.81. The molecule has 0 radical (unpaired) electrons. The first-order valence-corrected chi connectivity index (χ1v) is 10.6. The zero-order chi connectivity index (χ0) is 20.5. The van der Waals surface area contributed by atoms with Crippen LogP contribution in [0.2, 0.25) is 0 Å². The van der Waals surface area contributed by atoms with Crippen molar-refractivity contribution in [2.45, 2.75) is 6.92 Å². The minimum Gasteiger partial charge on any atom is -0.353 e. The molecule has 0 aliphatic heterocycles. The maximum atomic E-state index is 4.62. The number of aromatic amines is 2. The molecule has 0 aliphatic carbocycles. The van der Waals surface area contributed by atoms with Gasteiger partial charge in [-0.15, -0.1) is 11.3 Å². The van der Waals surface area contributed by atoms with Gasteiger partial charge >= 0.3 is 0 Å². The molecule has 5 aromatic rings. The quantitative estimate of drug-likeness (QED) is 0.308. The Labute approximate surface area is 178 Å². The van der Waals surface area contributed by atoms with Crippen molar-refractivity contribution in [3.63, 3.8) is 0 Å².